The zero-order valence-corrected chi connectivity index (χ0v) is 59.1. The number of ether oxygens (including phenoxy) is 4. The number of rotatable bonds is 66. The summed E-state index contributed by atoms with van der Waals surface area (Å²) in [4.78, 5) is 72.4. The molecule has 0 bridgehead atoms. The maximum Gasteiger partial charge on any atom is 0.472 e. The van der Waals surface area contributed by atoms with Crippen molar-refractivity contribution in [3.05, 3.63) is 0 Å². The van der Waals surface area contributed by atoms with Crippen molar-refractivity contribution in [3.63, 3.8) is 0 Å². The first-order valence-corrected chi connectivity index (χ1v) is 38.7. The highest BCUT2D eigenvalue weighted by Crippen LogP contribution is 2.45. The molecule has 0 spiro atoms. The predicted octanol–water partition coefficient (Wildman–Crippen LogP) is 19.3. The number of phosphoric acid groups is 2. The molecule has 522 valence electrons. The number of hydrogen-bond acceptors (Lipinski definition) is 15. The molecule has 0 aromatic carbocycles. The third kappa shape index (κ3) is 61.6. The lowest BCUT2D eigenvalue weighted by Gasteiger charge is -2.21. The summed E-state index contributed by atoms with van der Waals surface area (Å²) in [7, 11) is -9.90. The van der Waals surface area contributed by atoms with Gasteiger partial charge in [-0.05, 0) is 49.4 Å². The normalized spacial score (nSPS) is 14.6. The molecule has 0 saturated carbocycles. The van der Waals surface area contributed by atoms with Crippen LogP contribution >= 0.6 is 15.6 Å². The highest BCUT2D eigenvalue weighted by Gasteiger charge is 2.30. The molecule has 0 rings (SSSR count). The minimum atomic E-state index is -4.95. The summed E-state index contributed by atoms with van der Waals surface area (Å²) in [6.45, 7) is 14.0. The van der Waals surface area contributed by atoms with Crippen LogP contribution in [0.3, 0.4) is 0 Å². The van der Waals surface area contributed by atoms with Gasteiger partial charge < -0.3 is 33.8 Å². The van der Waals surface area contributed by atoms with Crippen molar-refractivity contribution < 1.29 is 80.2 Å². The second-order valence-electron chi connectivity index (χ2n) is 26.6. The Balaban J connectivity index is 5.20. The van der Waals surface area contributed by atoms with E-state index in [-0.39, 0.29) is 25.7 Å². The number of hydrogen-bond donors (Lipinski definition) is 3. The fraction of sp³-hybridized carbons (Fsp3) is 0.942. The molecule has 0 heterocycles. The second kappa shape index (κ2) is 58.8. The third-order valence-electron chi connectivity index (χ3n) is 16.2. The van der Waals surface area contributed by atoms with E-state index in [4.69, 9.17) is 37.0 Å². The molecule has 88 heavy (non-hydrogen) atoms. The van der Waals surface area contributed by atoms with Crippen LogP contribution in [0.15, 0.2) is 0 Å². The molecule has 19 heteroatoms. The van der Waals surface area contributed by atoms with Crippen LogP contribution in [0.5, 0.6) is 0 Å². The van der Waals surface area contributed by atoms with Crippen LogP contribution in [0.1, 0.15) is 338 Å². The van der Waals surface area contributed by atoms with E-state index in [0.717, 1.165) is 108 Å². The van der Waals surface area contributed by atoms with Gasteiger partial charge in [0.25, 0.3) is 0 Å². The van der Waals surface area contributed by atoms with Gasteiger partial charge in [0.15, 0.2) is 12.2 Å². The maximum absolute atomic E-state index is 13.0. The number of carbonyl (C=O) groups excluding carboxylic acids is 4. The largest absolute Gasteiger partial charge is 0.472 e. The Morgan fingerprint density at radius 3 is 0.807 bits per heavy atom. The van der Waals surface area contributed by atoms with Crippen molar-refractivity contribution in [2.75, 3.05) is 39.6 Å². The lowest BCUT2D eigenvalue weighted by Crippen LogP contribution is -2.30. The lowest BCUT2D eigenvalue weighted by molar-refractivity contribution is -0.161. The van der Waals surface area contributed by atoms with Gasteiger partial charge in [-0.15, -0.1) is 0 Å². The van der Waals surface area contributed by atoms with Gasteiger partial charge in [-0.1, -0.05) is 287 Å². The van der Waals surface area contributed by atoms with E-state index in [0.29, 0.717) is 37.5 Å². The Bertz CT molecular complexity index is 1750. The number of phosphoric ester groups is 2. The van der Waals surface area contributed by atoms with Crippen molar-refractivity contribution in [1.29, 1.82) is 0 Å². The summed E-state index contributed by atoms with van der Waals surface area (Å²) >= 11 is 0. The molecular weight excluding hydrogens is 1160 g/mol. The van der Waals surface area contributed by atoms with Crippen molar-refractivity contribution in [2.45, 2.75) is 356 Å². The first-order valence-electron chi connectivity index (χ1n) is 35.7. The predicted molar refractivity (Wildman–Crippen MR) is 354 cm³/mol. The Labute approximate surface area is 537 Å². The Morgan fingerprint density at radius 2 is 0.545 bits per heavy atom. The van der Waals surface area contributed by atoms with E-state index < -0.39 is 97.5 Å². The van der Waals surface area contributed by atoms with E-state index in [1.54, 1.807) is 0 Å². The fourth-order valence-electron chi connectivity index (χ4n) is 10.3. The van der Waals surface area contributed by atoms with Crippen LogP contribution in [0, 0.1) is 23.7 Å². The van der Waals surface area contributed by atoms with Gasteiger partial charge in [-0.25, -0.2) is 9.13 Å². The molecule has 0 fully saturated rings. The topological polar surface area (TPSA) is 237 Å². The summed E-state index contributed by atoms with van der Waals surface area (Å²) in [5, 5.41) is 10.6. The lowest BCUT2D eigenvalue weighted by atomic mass is 9.99. The Hall–Kier alpha value is -1.94. The van der Waals surface area contributed by atoms with Crippen LogP contribution in [-0.4, -0.2) is 96.7 Å². The first kappa shape index (κ1) is 86.1. The number of carbonyl (C=O) groups is 4. The number of esters is 4. The van der Waals surface area contributed by atoms with Gasteiger partial charge in [0.1, 0.15) is 19.3 Å². The van der Waals surface area contributed by atoms with Gasteiger partial charge in [0, 0.05) is 25.7 Å². The maximum atomic E-state index is 13.0. The van der Waals surface area contributed by atoms with E-state index in [2.05, 4.69) is 55.4 Å². The molecule has 3 N–H and O–H groups in total. The van der Waals surface area contributed by atoms with Crippen LogP contribution in [-0.2, 0) is 65.4 Å². The van der Waals surface area contributed by atoms with E-state index in [1.807, 2.05) is 0 Å². The highest BCUT2D eigenvalue weighted by atomic mass is 31.2. The molecule has 0 aromatic rings. The van der Waals surface area contributed by atoms with Gasteiger partial charge >= 0.3 is 39.5 Å². The SMILES string of the molecule is CCC(C)CCCCCCCCCCCCCCCCC(=O)O[C@H](COC(=O)CCCCCCCCC(C)C)COP(=O)(O)OC[C@H](O)COP(=O)(O)OC[C@@H](COC(=O)CCCCCCCCCCC(C)C)OC(=O)CCCCCCCCCC(C)C. The number of unbranched alkanes of at least 4 members (excludes halogenated alkanes) is 31. The minimum Gasteiger partial charge on any atom is -0.462 e. The minimum absolute atomic E-state index is 0.102. The van der Waals surface area contributed by atoms with Crippen LogP contribution in [0.2, 0.25) is 0 Å². The molecule has 6 atom stereocenters. The van der Waals surface area contributed by atoms with Gasteiger partial charge in [0.2, 0.25) is 0 Å². The first-order chi connectivity index (χ1) is 42.1. The molecule has 0 aliphatic heterocycles. The summed E-state index contributed by atoms with van der Waals surface area (Å²) in [5.74, 6) is 0.812. The van der Waals surface area contributed by atoms with Crippen molar-refractivity contribution in [1.82, 2.24) is 0 Å². The van der Waals surface area contributed by atoms with Crippen LogP contribution in [0.4, 0.5) is 0 Å². The third-order valence-corrected chi connectivity index (χ3v) is 18.1. The average Bonchev–Trinajstić information content (AvgIpc) is 3.53. The van der Waals surface area contributed by atoms with Crippen molar-refractivity contribution in [2.24, 2.45) is 23.7 Å². The van der Waals surface area contributed by atoms with E-state index >= 15 is 0 Å². The average molecular weight is 1300 g/mol. The summed E-state index contributed by atoms with van der Waals surface area (Å²) in [6.07, 6.45) is 40.6. The number of aliphatic hydroxyl groups is 1. The zero-order valence-electron chi connectivity index (χ0n) is 57.3. The summed E-state index contributed by atoms with van der Waals surface area (Å²) in [5.41, 5.74) is 0. The Morgan fingerprint density at radius 1 is 0.318 bits per heavy atom. The van der Waals surface area contributed by atoms with Crippen molar-refractivity contribution >= 4 is 39.5 Å². The quantitative estimate of drug-likeness (QED) is 0.0222. The zero-order chi connectivity index (χ0) is 65.4. The molecule has 0 aliphatic carbocycles. The van der Waals surface area contributed by atoms with Gasteiger partial charge in [0.05, 0.1) is 26.4 Å². The van der Waals surface area contributed by atoms with E-state index in [1.165, 1.54) is 135 Å². The molecular formula is C69H134O17P2. The standard InChI is InChI=1S/C69H134O17P2/c1-9-62(8)48-40-32-23-16-14-12-10-11-13-15-17-25-35-43-51-68(73)85-65(56-80-67(72)50-42-34-28-27-31-39-47-61(6)7)58-84-88(77,78)82-54-63(70)53-81-87(75,76)83-57-64(86-69(74)52-44-36-26-20-22-30-38-46-60(4)5)55-79-66(71)49-41-33-24-19-18-21-29-37-45-59(2)3/h59-65,70H,9-58H2,1-8H3,(H,75,76)(H,77,78)/t62?,63-,64-,65-/m1/s1. The molecule has 0 amide bonds. The van der Waals surface area contributed by atoms with Crippen LogP contribution < -0.4 is 0 Å². The molecule has 0 saturated heterocycles. The molecule has 0 aromatic heterocycles. The summed E-state index contributed by atoms with van der Waals surface area (Å²) < 4.78 is 68.2. The number of aliphatic hydroxyl groups excluding tert-OH is 1. The summed E-state index contributed by atoms with van der Waals surface area (Å²) in [6, 6.07) is 0. The molecule has 3 unspecified atom stereocenters. The van der Waals surface area contributed by atoms with E-state index in [9.17, 15) is 43.2 Å². The van der Waals surface area contributed by atoms with Gasteiger partial charge in [-0.2, -0.15) is 0 Å². The smallest absolute Gasteiger partial charge is 0.462 e. The molecule has 17 nitrogen and oxygen atoms in total. The molecule has 0 aliphatic rings. The van der Waals surface area contributed by atoms with Crippen LogP contribution in [0.25, 0.3) is 0 Å². The van der Waals surface area contributed by atoms with Crippen molar-refractivity contribution in [3.8, 4) is 0 Å². The second-order valence-corrected chi connectivity index (χ2v) is 29.5. The fourth-order valence-corrected chi connectivity index (χ4v) is 11.9. The highest BCUT2D eigenvalue weighted by molar-refractivity contribution is 7.47. The molecule has 0 radical (unpaired) electrons. The monoisotopic (exact) mass is 1300 g/mol. The Kier molecular flexibility index (Phi) is 57.6. The van der Waals surface area contributed by atoms with Gasteiger partial charge in [-0.3, -0.25) is 37.3 Å².